The number of aliphatic hydroxyl groups excluding tert-OH is 1. The third-order valence-corrected chi connectivity index (χ3v) is 3.93. The predicted molar refractivity (Wildman–Crippen MR) is 85.2 cm³/mol. The highest BCUT2D eigenvalue weighted by Crippen LogP contribution is 2.29. The molecule has 0 heterocycles. The van der Waals surface area contributed by atoms with E-state index in [-0.39, 0.29) is 0 Å². The van der Waals surface area contributed by atoms with Gasteiger partial charge in [-0.2, -0.15) is 0 Å². The Labute approximate surface area is 122 Å². The molecule has 1 unspecified atom stereocenters. The van der Waals surface area contributed by atoms with Crippen molar-refractivity contribution in [2.75, 3.05) is 0 Å². The van der Waals surface area contributed by atoms with Crippen LogP contribution in [0.4, 0.5) is 0 Å². The van der Waals surface area contributed by atoms with Gasteiger partial charge in [-0.25, -0.2) is 0 Å². The van der Waals surface area contributed by atoms with E-state index in [0.717, 1.165) is 22.3 Å². The van der Waals surface area contributed by atoms with E-state index in [1.165, 1.54) is 11.1 Å². The van der Waals surface area contributed by atoms with E-state index in [1.807, 2.05) is 12.1 Å². The van der Waals surface area contributed by atoms with E-state index < -0.39 is 6.10 Å². The van der Waals surface area contributed by atoms with Gasteiger partial charge in [-0.15, -0.1) is 0 Å². The molecule has 0 saturated carbocycles. The first kappa shape index (κ1) is 14.8. The summed E-state index contributed by atoms with van der Waals surface area (Å²) in [6.07, 6.45) is -0.545. The number of rotatable bonds is 3. The van der Waals surface area contributed by atoms with Gasteiger partial charge >= 0.3 is 0 Å². The summed E-state index contributed by atoms with van der Waals surface area (Å²) >= 11 is 0. The zero-order valence-electron chi connectivity index (χ0n) is 13.1. The molecule has 1 nitrogen and oxygen atoms in total. The molecule has 0 aliphatic rings. The molecule has 2 aromatic rings. The third kappa shape index (κ3) is 2.94. The second-order valence-corrected chi connectivity index (χ2v) is 6.04. The van der Waals surface area contributed by atoms with Crippen LogP contribution in [0.15, 0.2) is 36.4 Å². The fourth-order valence-electron chi connectivity index (χ4n) is 2.85. The average molecular weight is 268 g/mol. The van der Waals surface area contributed by atoms with Gasteiger partial charge in [0.05, 0.1) is 0 Å². The van der Waals surface area contributed by atoms with E-state index in [1.54, 1.807) is 0 Å². The SMILES string of the molecule is Cc1cc(C)c(C(O)c2ccc(C(C)C)cc2)c(C)c1. The minimum absolute atomic E-state index is 0.518. The summed E-state index contributed by atoms with van der Waals surface area (Å²) in [5.74, 6) is 0.518. The van der Waals surface area contributed by atoms with Gasteiger partial charge in [0, 0.05) is 0 Å². The summed E-state index contributed by atoms with van der Waals surface area (Å²) in [4.78, 5) is 0. The van der Waals surface area contributed by atoms with E-state index >= 15 is 0 Å². The highest BCUT2D eigenvalue weighted by Gasteiger charge is 2.16. The Bertz CT molecular complexity index is 571. The van der Waals surface area contributed by atoms with Crippen LogP contribution >= 0.6 is 0 Å². The van der Waals surface area contributed by atoms with Crippen molar-refractivity contribution in [3.8, 4) is 0 Å². The van der Waals surface area contributed by atoms with Crippen molar-refractivity contribution in [1.29, 1.82) is 0 Å². The normalized spacial score (nSPS) is 12.8. The molecule has 0 saturated heterocycles. The van der Waals surface area contributed by atoms with E-state index in [9.17, 15) is 5.11 Å². The quantitative estimate of drug-likeness (QED) is 0.846. The zero-order chi connectivity index (χ0) is 14.9. The predicted octanol–water partition coefficient (Wildman–Crippen LogP) is 4.82. The van der Waals surface area contributed by atoms with Crippen molar-refractivity contribution < 1.29 is 5.11 Å². The second kappa shape index (κ2) is 5.80. The monoisotopic (exact) mass is 268 g/mol. The van der Waals surface area contributed by atoms with Crippen LogP contribution in [-0.2, 0) is 0 Å². The number of aryl methyl sites for hydroxylation is 3. The Morgan fingerprint density at radius 2 is 1.25 bits per heavy atom. The Kier molecular flexibility index (Phi) is 4.29. The molecular weight excluding hydrogens is 244 g/mol. The number of benzene rings is 2. The Balaban J connectivity index is 2.38. The minimum atomic E-state index is -0.545. The van der Waals surface area contributed by atoms with Crippen molar-refractivity contribution in [3.63, 3.8) is 0 Å². The van der Waals surface area contributed by atoms with E-state index in [2.05, 4.69) is 58.9 Å². The third-order valence-electron chi connectivity index (χ3n) is 3.93. The van der Waals surface area contributed by atoms with Gasteiger partial charge in [-0.1, -0.05) is 55.8 Å². The molecule has 0 radical (unpaired) electrons. The van der Waals surface area contributed by atoms with Crippen molar-refractivity contribution in [1.82, 2.24) is 0 Å². The highest BCUT2D eigenvalue weighted by molar-refractivity contribution is 5.43. The summed E-state index contributed by atoms with van der Waals surface area (Å²) in [6.45, 7) is 10.6. The molecule has 20 heavy (non-hydrogen) atoms. The van der Waals surface area contributed by atoms with Crippen molar-refractivity contribution >= 4 is 0 Å². The largest absolute Gasteiger partial charge is 0.384 e. The van der Waals surface area contributed by atoms with Crippen LogP contribution in [0.3, 0.4) is 0 Å². The van der Waals surface area contributed by atoms with Crippen molar-refractivity contribution in [2.45, 2.75) is 46.6 Å². The van der Waals surface area contributed by atoms with Gasteiger partial charge in [0.1, 0.15) is 6.10 Å². The molecule has 1 atom stereocenters. The molecule has 2 rings (SSSR count). The molecular formula is C19H24O. The Hall–Kier alpha value is -1.60. The maximum atomic E-state index is 10.7. The van der Waals surface area contributed by atoms with Crippen LogP contribution in [0, 0.1) is 20.8 Å². The highest BCUT2D eigenvalue weighted by atomic mass is 16.3. The molecule has 0 aliphatic heterocycles. The molecule has 0 aromatic heterocycles. The van der Waals surface area contributed by atoms with Crippen LogP contribution < -0.4 is 0 Å². The standard InChI is InChI=1S/C19H24O/c1-12(2)16-6-8-17(9-7-16)19(20)18-14(4)10-13(3)11-15(18)5/h6-12,19-20H,1-5H3. The average Bonchev–Trinajstić information content (AvgIpc) is 2.37. The smallest absolute Gasteiger partial charge is 0.105 e. The maximum Gasteiger partial charge on any atom is 0.105 e. The molecule has 0 amide bonds. The van der Waals surface area contributed by atoms with Gasteiger partial charge in [-0.05, 0) is 54.5 Å². The fraction of sp³-hybridized carbons (Fsp3) is 0.368. The molecule has 1 N–H and O–H groups in total. The van der Waals surface area contributed by atoms with Crippen LogP contribution in [0.25, 0.3) is 0 Å². The molecule has 106 valence electrons. The first-order valence-electron chi connectivity index (χ1n) is 7.25. The van der Waals surface area contributed by atoms with Gasteiger partial charge < -0.3 is 5.11 Å². The number of hydrogen-bond donors (Lipinski definition) is 1. The number of aliphatic hydroxyl groups is 1. The lowest BCUT2D eigenvalue weighted by Crippen LogP contribution is -2.05. The van der Waals surface area contributed by atoms with Crippen LogP contribution in [0.1, 0.15) is 59.3 Å². The lowest BCUT2D eigenvalue weighted by molar-refractivity contribution is 0.218. The molecule has 0 aliphatic carbocycles. The molecule has 0 bridgehead atoms. The molecule has 0 spiro atoms. The van der Waals surface area contributed by atoms with Crippen molar-refractivity contribution in [3.05, 3.63) is 69.8 Å². The van der Waals surface area contributed by atoms with E-state index in [4.69, 9.17) is 0 Å². The number of hydrogen-bond acceptors (Lipinski definition) is 1. The van der Waals surface area contributed by atoms with E-state index in [0.29, 0.717) is 5.92 Å². The van der Waals surface area contributed by atoms with Crippen molar-refractivity contribution in [2.24, 2.45) is 0 Å². The first-order valence-corrected chi connectivity index (χ1v) is 7.25. The lowest BCUT2D eigenvalue weighted by Gasteiger charge is -2.18. The summed E-state index contributed by atoms with van der Waals surface area (Å²) in [5, 5.41) is 10.7. The second-order valence-electron chi connectivity index (χ2n) is 6.04. The summed E-state index contributed by atoms with van der Waals surface area (Å²) < 4.78 is 0. The molecule has 1 heteroatoms. The minimum Gasteiger partial charge on any atom is -0.384 e. The van der Waals surface area contributed by atoms with Crippen LogP contribution in [0.5, 0.6) is 0 Å². The zero-order valence-corrected chi connectivity index (χ0v) is 13.1. The lowest BCUT2D eigenvalue weighted by atomic mass is 9.91. The van der Waals surface area contributed by atoms with Crippen LogP contribution in [0.2, 0.25) is 0 Å². The Morgan fingerprint density at radius 1 is 0.800 bits per heavy atom. The molecule has 2 aromatic carbocycles. The van der Waals surface area contributed by atoms with Gasteiger partial charge in [0.25, 0.3) is 0 Å². The summed E-state index contributed by atoms with van der Waals surface area (Å²) in [6, 6.07) is 12.6. The summed E-state index contributed by atoms with van der Waals surface area (Å²) in [5.41, 5.74) is 6.85. The maximum absolute atomic E-state index is 10.7. The summed E-state index contributed by atoms with van der Waals surface area (Å²) in [7, 11) is 0. The van der Waals surface area contributed by atoms with Crippen LogP contribution in [-0.4, -0.2) is 5.11 Å². The van der Waals surface area contributed by atoms with Gasteiger partial charge in [-0.3, -0.25) is 0 Å². The topological polar surface area (TPSA) is 20.2 Å². The van der Waals surface area contributed by atoms with Gasteiger partial charge in [0.2, 0.25) is 0 Å². The fourth-order valence-corrected chi connectivity index (χ4v) is 2.85. The first-order chi connectivity index (χ1) is 9.40. The Morgan fingerprint density at radius 3 is 1.70 bits per heavy atom. The van der Waals surface area contributed by atoms with Gasteiger partial charge in [0.15, 0.2) is 0 Å². The molecule has 0 fully saturated rings.